The smallest absolute Gasteiger partial charge is 0.326 e. The monoisotopic (exact) mass is 229 g/mol. The fraction of sp³-hybridized carbons (Fsp3) is 0.917. The summed E-state index contributed by atoms with van der Waals surface area (Å²) in [7, 11) is 3.13. The lowest BCUT2D eigenvalue weighted by Gasteiger charge is -2.40. The van der Waals surface area contributed by atoms with Crippen molar-refractivity contribution in [2.24, 2.45) is 5.92 Å². The first kappa shape index (κ1) is 13.5. The van der Waals surface area contributed by atoms with E-state index in [0.717, 1.165) is 19.3 Å². The van der Waals surface area contributed by atoms with E-state index >= 15 is 0 Å². The minimum absolute atomic E-state index is 0.129. The van der Waals surface area contributed by atoms with Crippen molar-refractivity contribution in [2.45, 2.75) is 38.1 Å². The van der Waals surface area contributed by atoms with Gasteiger partial charge in [-0.25, -0.2) is 0 Å². The molecule has 0 heterocycles. The minimum Gasteiger partial charge on any atom is -0.468 e. The molecule has 2 atom stereocenters. The molecule has 1 aliphatic rings. The molecule has 0 amide bonds. The van der Waals surface area contributed by atoms with Gasteiger partial charge in [-0.05, 0) is 18.8 Å². The summed E-state index contributed by atoms with van der Waals surface area (Å²) >= 11 is 0. The highest BCUT2D eigenvalue weighted by Crippen LogP contribution is 2.34. The number of methoxy groups -OCH3 is 2. The number of esters is 1. The van der Waals surface area contributed by atoms with Gasteiger partial charge in [-0.3, -0.25) is 10.1 Å². The standard InChI is InChI=1S/C12H23NO3/c1-10-6-4-5-7-12(10,11(14)16-3)13-8-9-15-2/h10,13H,4-9H2,1-3H3. The summed E-state index contributed by atoms with van der Waals surface area (Å²) in [5, 5.41) is 3.34. The maximum atomic E-state index is 12.0. The quantitative estimate of drug-likeness (QED) is 0.571. The average molecular weight is 229 g/mol. The lowest BCUT2D eigenvalue weighted by Crippen LogP contribution is -2.59. The molecule has 1 fully saturated rings. The molecule has 1 aliphatic carbocycles. The van der Waals surface area contributed by atoms with E-state index in [1.807, 2.05) is 0 Å². The number of rotatable bonds is 5. The van der Waals surface area contributed by atoms with Crippen LogP contribution in [0.2, 0.25) is 0 Å². The molecule has 0 saturated heterocycles. The first-order valence-corrected chi connectivity index (χ1v) is 5.99. The number of hydrogen-bond donors (Lipinski definition) is 1. The Morgan fingerprint density at radius 3 is 2.75 bits per heavy atom. The van der Waals surface area contributed by atoms with Crippen LogP contribution in [0.3, 0.4) is 0 Å². The summed E-state index contributed by atoms with van der Waals surface area (Å²) in [4.78, 5) is 12.0. The van der Waals surface area contributed by atoms with E-state index in [0.29, 0.717) is 19.1 Å². The van der Waals surface area contributed by atoms with E-state index < -0.39 is 5.54 Å². The molecule has 1 N–H and O–H groups in total. The Hall–Kier alpha value is -0.610. The fourth-order valence-corrected chi connectivity index (χ4v) is 2.54. The van der Waals surface area contributed by atoms with Crippen molar-refractivity contribution in [3.05, 3.63) is 0 Å². The molecule has 16 heavy (non-hydrogen) atoms. The predicted molar refractivity (Wildman–Crippen MR) is 62.3 cm³/mol. The summed E-state index contributed by atoms with van der Waals surface area (Å²) in [6.07, 6.45) is 4.23. The summed E-state index contributed by atoms with van der Waals surface area (Å²) in [6, 6.07) is 0. The van der Waals surface area contributed by atoms with Crippen LogP contribution in [0.25, 0.3) is 0 Å². The third-order valence-corrected chi connectivity index (χ3v) is 3.60. The van der Waals surface area contributed by atoms with Gasteiger partial charge >= 0.3 is 5.97 Å². The van der Waals surface area contributed by atoms with Gasteiger partial charge in [0.25, 0.3) is 0 Å². The molecule has 0 aromatic heterocycles. The van der Waals surface area contributed by atoms with Crippen LogP contribution in [-0.4, -0.2) is 38.9 Å². The van der Waals surface area contributed by atoms with Gasteiger partial charge in [0.15, 0.2) is 0 Å². The van der Waals surface area contributed by atoms with Gasteiger partial charge in [-0.1, -0.05) is 19.8 Å². The van der Waals surface area contributed by atoms with Crippen molar-refractivity contribution in [3.8, 4) is 0 Å². The Morgan fingerprint density at radius 2 is 2.19 bits per heavy atom. The summed E-state index contributed by atoms with van der Waals surface area (Å²) in [5.74, 6) is 0.196. The molecular weight excluding hydrogens is 206 g/mol. The van der Waals surface area contributed by atoms with Crippen molar-refractivity contribution in [2.75, 3.05) is 27.4 Å². The van der Waals surface area contributed by atoms with Crippen LogP contribution in [0.1, 0.15) is 32.6 Å². The van der Waals surface area contributed by atoms with Gasteiger partial charge < -0.3 is 9.47 Å². The lowest BCUT2D eigenvalue weighted by molar-refractivity contribution is -0.152. The topological polar surface area (TPSA) is 47.6 Å². The number of carbonyl (C=O) groups is 1. The molecule has 0 bridgehead atoms. The van der Waals surface area contributed by atoms with Crippen molar-refractivity contribution in [3.63, 3.8) is 0 Å². The third kappa shape index (κ3) is 2.74. The van der Waals surface area contributed by atoms with Crippen LogP contribution >= 0.6 is 0 Å². The first-order chi connectivity index (χ1) is 7.67. The molecule has 0 spiro atoms. The number of carbonyl (C=O) groups excluding carboxylic acids is 1. The highest BCUT2D eigenvalue weighted by Gasteiger charge is 2.45. The largest absolute Gasteiger partial charge is 0.468 e. The molecule has 1 saturated carbocycles. The molecule has 0 radical (unpaired) electrons. The zero-order valence-electron chi connectivity index (χ0n) is 10.5. The van der Waals surface area contributed by atoms with Crippen LogP contribution in [0.4, 0.5) is 0 Å². The maximum Gasteiger partial charge on any atom is 0.326 e. The molecule has 94 valence electrons. The predicted octanol–water partition coefficient (Wildman–Crippen LogP) is 1.34. The number of ether oxygens (including phenoxy) is 2. The van der Waals surface area contributed by atoms with Gasteiger partial charge in [-0.2, -0.15) is 0 Å². The Bertz CT molecular complexity index is 232. The van der Waals surface area contributed by atoms with Gasteiger partial charge in [0, 0.05) is 13.7 Å². The third-order valence-electron chi connectivity index (χ3n) is 3.60. The average Bonchev–Trinajstić information content (AvgIpc) is 2.31. The number of hydrogen-bond acceptors (Lipinski definition) is 4. The second-order valence-corrected chi connectivity index (χ2v) is 4.53. The van der Waals surface area contributed by atoms with E-state index in [2.05, 4.69) is 12.2 Å². The Kier molecular flexibility index (Phi) is 5.22. The fourth-order valence-electron chi connectivity index (χ4n) is 2.54. The zero-order chi connectivity index (χ0) is 12.0. The van der Waals surface area contributed by atoms with E-state index in [-0.39, 0.29) is 5.97 Å². The van der Waals surface area contributed by atoms with Gasteiger partial charge in [-0.15, -0.1) is 0 Å². The highest BCUT2D eigenvalue weighted by molar-refractivity contribution is 5.81. The summed E-state index contributed by atoms with van der Waals surface area (Å²) in [5.41, 5.74) is -0.495. The Labute approximate surface area is 97.7 Å². The molecule has 0 aromatic carbocycles. The normalized spacial score (nSPS) is 30.1. The van der Waals surface area contributed by atoms with E-state index in [1.165, 1.54) is 13.5 Å². The summed E-state index contributed by atoms with van der Waals surface area (Å²) < 4.78 is 9.96. The Morgan fingerprint density at radius 1 is 1.44 bits per heavy atom. The van der Waals surface area contributed by atoms with Gasteiger partial charge in [0.1, 0.15) is 5.54 Å². The van der Waals surface area contributed by atoms with Crippen LogP contribution < -0.4 is 5.32 Å². The van der Waals surface area contributed by atoms with E-state index in [9.17, 15) is 4.79 Å². The minimum atomic E-state index is -0.495. The molecule has 1 rings (SSSR count). The Balaban J connectivity index is 2.70. The van der Waals surface area contributed by atoms with Crippen LogP contribution in [0, 0.1) is 5.92 Å². The van der Waals surface area contributed by atoms with Crippen molar-refractivity contribution < 1.29 is 14.3 Å². The highest BCUT2D eigenvalue weighted by atomic mass is 16.5. The molecule has 0 aromatic rings. The molecular formula is C12H23NO3. The molecule has 4 nitrogen and oxygen atoms in total. The molecule has 2 unspecified atom stereocenters. The van der Waals surface area contributed by atoms with E-state index in [4.69, 9.17) is 9.47 Å². The second kappa shape index (κ2) is 6.21. The molecule has 4 heteroatoms. The zero-order valence-corrected chi connectivity index (χ0v) is 10.5. The lowest BCUT2D eigenvalue weighted by atomic mass is 9.73. The second-order valence-electron chi connectivity index (χ2n) is 4.53. The number of nitrogens with one attached hydrogen (secondary N) is 1. The maximum absolute atomic E-state index is 12.0. The van der Waals surface area contributed by atoms with Crippen molar-refractivity contribution >= 4 is 5.97 Å². The van der Waals surface area contributed by atoms with Crippen molar-refractivity contribution in [1.82, 2.24) is 5.32 Å². The van der Waals surface area contributed by atoms with Crippen molar-refractivity contribution in [1.29, 1.82) is 0 Å². The van der Waals surface area contributed by atoms with Gasteiger partial charge in [0.2, 0.25) is 0 Å². The van der Waals surface area contributed by atoms with Gasteiger partial charge in [0.05, 0.1) is 13.7 Å². The summed E-state index contributed by atoms with van der Waals surface area (Å²) in [6.45, 7) is 3.43. The van der Waals surface area contributed by atoms with Crippen LogP contribution in [-0.2, 0) is 14.3 Å². The van der Waals surface area contributed by atoms with Crippen LogP contribution in [0.5, 0.6) is 0 Å². The van der Waals surface area contributed by atoms with E-state index in [1.54, 1.807) is 7.11 Å². The molecule has 0 aliphatic heterocycles. The van der Waals surface area contributed by atoms with Crippen LogP contribution in [0.15, 0.2) is 0 Å². The SMILES string of the molecule is COCCNC1(C(=O)OC)CCCCC1C. The first-order valence-electron chi connectivity index (χ1n) is 5.99.